The molecule has 1 amide bonds. The Hall–Kier alpha value is -2.79. The second-order valence-corrected chi connectivity index (χ2v) is 5.29. The van der Waals surface area contributed by atoms with Crippen molar-refractivity contribution in [1.29, 1.82) is 0 Å². The highest BCUT2D eigenvalue weighted by Gasteiger charge is 2.07. The van der Waals surface area contributed by atoms with Gasteiger partial charge in [-0.15, -0.1) is 0 Å². The molecular weight excluding hydrogens is 290 g/mol. The van der Waals surface area contributed by atoms with E-state index >= 15 is 0 Å². The van der Waals surface area contributed by atoms with E-state index in [1.807, 2.05) is 19.2 Å². The molecule has 0 aliphatic carbocycles. The van der Waals surface area contributed by atoms with Crippen LogP contribution in [0.2, 0.25) is 0 Å². The first kappa shape index (κ1) is 15.1. The molecule has 1 heterocycles. The topological polar surface area (TPSA) is 55.3 Å². The molecule has 0 unspecified atom stereocenters. The average Bonchev–Trinajstić information content (AvgIpc) is 2.91. The van der Waals surface area contributed by atoms with E-state index in [0.29, 0.717) is 12.1 Å². The second-order valence-electron chi connectivity index (χ2n) is 5.29. The lowest BCUT2D eigenvalue weighted by atomic mass is 10.2. The van der Waals surface area contributed by atoms with Gasteiger partial charge >= 0.3 is 0 Å². The third-order valence-electron chi connectivity index (χ3n) is 3.87. The summed E-state index contributed by atoms with van der Waals surface area (Å²) in [5.74, 6) is 0.552. The van der Waals surface area contributed by atoms with Crippen molar-refractivity contribution < 1.29 is 9.53 Å². The standard InChI is InChI=1S/C18H19N3O2/c1-21-15(11-14-5-3-4-6-17(14)21)12-19-20-18(22)13-7-9-16(23-2)10-8-13/h3-11,19H,12H2,1-2H3,(H,20,22). The molecule has 0 saturated carbocycles. The Bertz CT molecular complexity index is 822. The molecule has 3 rings (SSSR count). The number of amides is 1. The van der Waals surface area contributed by atoms with Gasteiger partial charge in [0.1, 0.15) is 5.75 Å². The van der Waals surface area contributed by atoms with Crippen LogP contribution in [0.1, 0.15) is 16.1 Å². The summed E-state index contributed by atoms with van der Waals surface area (Å²) in [6.45, 7) is 0.549. The van der Waals surface area contributed by atoms with Gasteiger partial charge in [-0.25, -0.2) is 5.43 Å². The first-order valence-electron chi connectivity index (χ1n) is 7.39. The Morgan fingerprint density at radius 1 is 1.13 bits per heavy atom. The number of hydrazine groups is 1. The van der Waals surface area contributed by atoms with E-state index in [1.165, 1.54) is 10.9 Å². The Kier molecular flexibility index (Phi) is 4.30. The lowest BCUT2D eigenvalue weighted by Gasteiger charge is -2.09. The van der Waals surface area contributed by atoms with Crippen molar-refractivity contribution >= 4 is 16.8 Å². The molecule has 3 aromatic rings. The van der Waals surface area contributed by atoms with Crippen molar-refractivity contribution in [3.63, 3.8) is 0 Å². The summed E-state index contributed by atoms with van der Waals surface area (Å²) < 4.78 is 7.19. The molecule has 2 aromatic carbocycles. The van der Waals surface area contributed by atoms with Crippen LogP contribution in [0.25, 0.3) is 10.9 Å². The highest BCUT2D eigenvalue weighted by Crippen LogP contribution is 2.17. The number of methoxy groups -OCH3 is 1. The molecular formula is C18H19N3O2. The van der Waals surface area contributed by atoms with E-state index in [0.717, 1.165) is 11.4 Å². The molecule has 5 heteroatoms. The maximum atomic E-state index is 12.1. The Labute approximate surface area is 134 Å². The molecule has 0 aliphatic heterocycles. The zero-order valence-corrected chi connectivity index (χ0v) is 13.2. The number of fused-ring (bicyclic) bond motifs is 1. The largest absolute Gasteiger partial charge is 0.497 e. The first-order chi connectivity index (χ1) is 11.2. The van der Waals surface area contributed by atoms with Gasteiger partial charge in [0.25, 0.3) is 5.91 Å². The number of hydrogen-bond acceptors (Lipinski definition) is 3. The van der Waals surface area contributed by atoms with Gasteiger partial charge in [-0.3, -0.25) is 10.2 Å². The summed E-state index contributed by atoms with van der Waals surface area (Å²) in [6.07, 6.45) is 0. The molecule has 2 N–H and O–H groups in total. The highest BCUT2D eigenvalue weighted by atomic mass is 16.5. The molecule has 0 saturated heterocycles. The third-order valence-corrected chi connectivity index (χ3v) is 3.87. The summed E-state index contributed by atoms with van der Waals surface area (Å²) in [5.41, 5.74) is 8.54. The van der Waals surface area contributed by atoms with E-state index in [4.69, 9.17) is 4.74 Å². The molecule has 0 aliphatic rings. The highest BCUT2D eigenvalue weighted by molar-refractivity contribution is 5.93. The minimum Gasteiger partial charge on any atom is -0.497 e. The van der Waals surface area contributed by atoms with Crippen molar-refractivity contribution in [2.24, 2.45) is 7.05 Å². The van der Waals surface area contributed by atoms with Gasteiger partial charge in [-0.2, -0.15) is 0 Å². The monoisotopic (exact) mass is 309 g/mol. The van der Waals surface area contributed by atoms with Crippen molar-refractivity contribution in [3.05, 3.63) is 65.9 Å². The normalized spacial score (nSPS) is 10.7. The van der Waals surface area contributed by atoms with E-state index in [-0.39, 0.29) is 5.91 Å². The fourth-order valence-corrected chi connectivity index (χ4v) is 2.55. The summed E-state index contributed by atoms with van der Waals surface area (Å²) in [4.78, 5) is 12.1. The van der Waals surface area contributed by atoms with Gasteiger partial charge in [0, 0.05) is 23.8 Å². The first-order valence-corrected chi connectivity index (χ1v) is 7.39. The molecule has 0 bridgehead atoms. The number of carbonyl (C=O) groups is 1. The quantitative estimate of drug-likeness (QED) is 0.712. The average molecular weight is 309 g/mol. The number of aryl methyl sites for hydroxylation is 1. The molecule has 0 spiro atoms. The third kappa shape index (κ3) is 3.19. The molecule has 0 atom stereocenters. The van der Waals surface area contributed by atoms with Crippen molar-refractivity contribution in [2.75, 3.05) is 7.11 Å². The van der Waals surface area contributed by atoms with Crippen LogP contribution in [0.15, 0.2) is 54.6 Å². The molecule has 0 fully saturated rings. The van der Waals surface area contributed by atoms with Crippen LogP contribution in [0.4, 0.5) is 0 Å². The lowest BCUT2D eigenvalue weighted by Crippen LogP contribution is -2.37. The van der Waals surface area contributed by atoms with Crippen LogP contribution in [-0.4, -0.2) is 17.6 Å². The molecule has 23 heavy (non-hydrogen) atoms. The van der Waals surface area contributed by atoms with Crippen molar-refractivity contribution in [3.8, 4) is 5.75 Å². The van der Waals surface area contributed by atoms with E-state index in [1.54, 1.807) is 31.4 Å². The Morgan fingerprint density at radius 3 is 2.57 bits per heavy atom. The minimum atomic E-state index is -0.175. The van der Waals surface area contributed by atoms with Crippen LogP contribution in [-0.2, 0) is 13.6 Å². The molecule has 1 aromatic heterocycles. The number of carbonyl (C=O) groups excluding carboxylic acids is 1. The Balaban J connectivity index is 1.61. The van der Waals surface area contributed by atoms with Crippen molar-refractivity contribution in [2.45, 2.75) is 6.54 Å². The summed E-state index contributed by atoms with van der Waals surface area (Å²) in [7, 11) is 3.62. The van der Waals surface area contributed by atoms with Gasteiger partial charge in [-0.05, 0) is 41.8 Å². The van der Waals surface area contributed by atoms with E-state index in [2.05, 4.69) is 33.6 Å². The van der Waals surface area contributed by atoms with Crippen LogP contribution in [0.3, 0.4) is 0 Å². The number of hydrogen-bond donors (Lipinski definition) is 2. The van der Waals surface area contributed by atoms with E-state index in [9.17, 15) is 4.79 Å². The number of para-hydroxylation sites is 1. The maximum absolute atomic E-state index is 12.1. The minimum absolute atomic E-state index is 0.175. The predicted octanol–water partition coefficient (Wildman–Crippen LogP) is 2.62. The SMILES string of the molecule is COc1ccc(C(=O)NNCc2cc3ccccc3n2C)cc1. The fourth-order valence-electron chi connectivity index (χ4n) is 2.55. The number of aromatic nitrogens is 1. The zero-order valence-electron chi connectivity index (χ0n) is 13.2. The number of rotatable bonds is 5. The Morgan fingerprint density at radius 2 is 1.87 bits per heavy atom. The number of ether oxygens (including phenoxy) is 1. The van der Waals surface area contributed by atoms with Crippen LogP contribution >= 0.6 is 0 Å². The molecule has 5 nitrogen and oxygen atoms in total. The predicted molar refractivity (Wildman–Crippen MR) is 90.2 cm³/mol. The van der Waals surface area contributed by atoms with Crippen LogP contribution in [0, 0.1) is 0 Å². The zero-order chi connectivity index (χ0) is 16.2. The molecule has 0 radical (unpaired) electrons. The lowest BCUT2D eigenvalue weighted by molar-refractivity contribution is 0.0932. The van der Waals surface area contributed by atoms with Crippen LogP contribution in [0.5, 0.6) is 5.75 Å². The summed E-state index contributed by atoms with van der Waals surface area (Å²) >= 11 is 0. The summed E-state index contributed by atoms with van der Waals surface area (Å²) in [5, 5.41) is 1.19. The molecule has 118 valence electrons. The van der Waals surface area contributed by atoms with Gasteiger partial charge in [0.05, 0.1) is 13.7 Å². The van der Waals surface area contributed by atoms with E-state index < -0.39 is 0 Å². The maximum Gasteiger partial charge on any atom is 0.265 e. The van der Waals surface area contributed by atoms with Crippen molar-refractivity contribution in [1.82, 2.24) is 15.4 Å². The summed E-state index contributed by atoms with van der Waals surface area (Å²) in [6, 6.07) is 17.3. The van der Waals surface area contributed by atoms with Gasteiger partial charge < -0.3 is 9.30 Å². The fraction of sp³-hybridized carbons (Fsp3) is 0.167. The number of nitrogens with one attached hydrogen (secondary N) is 2. The smallest absolute Gasteiger partial charge is 0.265 e. The number of nitrogens with zero attached hydrogens (tertiary/aromatic N) is 1. The number of benzene rings is 2. The van der Waals surface area contributed by atoms with Gasteiger partial charge in [0.15, 0.2) is 0 Å². The van der Waals surface area contributed by atoms with Crippen LogP contribution < -0.4 is 15.6 Å². The second kappa shape index (κ2) is 6.54. The van der Waals surface area contributed by atoms with Gasteiger partial charge in [0.2, 0.25) is 0 Å². The van der Waals surface area contributed by atoms with Gasteiger partial charge in [-0.1, -0.05) is 18.2 Å².